The van der Waals surface area contributed by atoms with Crippen LogP contribution in [0, 0.1) is 5.82 Å². The van der Waals surface area contributed by atoms with Crippen molar-refractivity contribution in [3.8, 4) is 11.5 Å². The Bertz CT molecular complexity index is 562. The fourth-order valence-electron chi connectivity index (χ4n) is 1.42. The highest BCUT2D eigenvalue weighted by Gasteiger charge is 2.38. The van der Waals surface area contributed by atoms with Gasteiger partial charge < -0.3 is 4.42 Å². The molecule has 0 aliphatic rings. The Morgan fingerprint density at radius 3 is 2.44 bits per heavy atom. The smallest absolute Gasteiger partial charge is 0.413 e. The van der Waals surface area contributed by atoms with Gasteiger partial charge in [0, 0.05) is 5.56 Å². The molecule has 2 rings (SSSR count). The van der Waals surface area contributed by atoms with Crippen molar-refractivity contribution in [2.24, 2.45) is 0 Å². The van der Waals surface area contributed by atoms with Gasteiger partial charge >= 0.3 is 12.1 Å². The van der Waals surface area contributed by atoms with Crippen molar-refractivity contribution in [3.63, 3.8) is 0 Å². The summed E-state index contributed by atoms with van der Waals surface area (Å²) in [5, 5.41) is 6.12. The molecule has 1 aromatic heterocycles. The lowest BCUT2D eigenvalue weighted by atomic mass is 10.1. The highest BCUT2D eigenvalue weighted by Crippen LogP contribution is 2.30. The monoisotopic (exact) mass is 260 g/mol. The average molecular weight is 260 g/mol. The normalized spacial score (nSPS) is 11.8. The molecule has 0 radical (unpaired) electrons. The first kappa shape index (κ1) is 12.5. The third-order valence-corrected chi connectivity index (χ3v) is 2.35. The molecule has 0 aliphatic carbocycles. The second-order valence-corrected chi connectivity index (χ2v) is 3.57. The molecule has 96 valence electrons. The van der Waals surface area contributed by atoms with Crippen LogP contribution >= 0.6 is 0 Å². The van der Waals surface area contributed by atoms with Gasteiger partial charge in [-0.25, -0.2) is 4.39 Å². The fraction of sp³-hybridized carbons (Fsp3) is 0.273. The lowest BCUT2D eigenvalue weighted by Gasteiger charge is -2.01. The molecule has 7 heteroatoms. The molecule has 3 nitrogen and oxygen atoms in total. The summed E-state index contributed by atoms with van der Waals surface area (Å²) in [5.74, 6) is -2.32. The van der Waals surface area contributed by atoms with E-state index in [4.69, 9.17) is 0 Å². The SMILES string of the molecule is CCc1ccc(-c2nnc(C(F)(F)F)o2)cc1F. The van der Waals surface area contributed by atoms with E-state index in [1.165, 1.54) is 12.1 Å². The van der Waals surface area contributed by atoms with Gasteiger partial charge in [-0.15, -0.1) is 10.2 Å². The number of rotatable bonds is 2. The standard InChI is InChI=1S/C11H8F4N2O/c1-2-6-3-4-7(5-8(6)12)9-16-17-10(18-9)11(13,14)15/h3-5H,2H2,1H3. The van der Waals surface area contributed by atoms with Crippen LogP contribution in [0.3, 0.4) is 0 Å². The predicted molar refractivity (Wildman–Crippen MR) is 54.1 cm³/mol. The summed E-state index contributed by atoms with van der Waals surface area (Å²) in [5.41, 5.74) is 0.585. The van der Waals surface area contributed by atoms with E-state index in [0.29, 0.717) is 12.0 Å². The van der Waals surface area contributed by atoms with Crippen molar-refractivity contribution in [2.75, 3.05) is 0 Å². The summed E-state index contributed by atoms with van der Waals surface area (Å²) in [4.78, 5) is 0. The molecule has 0 bridgehead atoms. The summed E-state index contributed by atoms with van der Waals surface area (Å²) >= 11 is 0. The number of nitrogens with zero attached hydrogens (tertiary/aromatic N) is 2. The quantitative estimate of drug-likeness (QED) is 0.776. The van der Waals surface area contributed by atoms with Crippen molar-refractivity contribution >= 4 is 0 Å². The Hall–Kier alpha value is -1.92. The Kier molecular flexibility index (Phi) is 3.06. The third kappa shape index (κ3) is 2.34. The number of hydrogen-bond donors (Lipinski definition) is 0. The van der Waals surface area contributed by atoms with Gasteiger partial charge in [-0.3, -0.25) is 0 Å². The molecule has 0 atom stereocenters. The molecule has 0 saturated heterocycles. The summed E-state index contributed by atoms with van der Waals surface area (Å²) in [7, 11) is 0. The van der Waals surface area contributed by atoms with E-state index in [1.54, 1.807) is 6.92 Å². The average Bonchev–Trinajstić information content (AvgIpc) is 2.77. The summed E-state index contributed by atoms with van der Waals surface area (Å²) in [6.45, 7) is 1.77. The molecule has 0 unspecified atom stereocenters. The summed E-state index contributed by atoms with van der Waals surface area (Å²) in [6, 6.07) is 3.99. The summed E-state index contributed by atoms with van der Waals surface area (Å²) < 4.78 is 54.6. The van der Waals surface area contributed by atoms with Crippen molar-refractivity contribution in [2.45, 2.75) is 19.5 Å². The topological polar surface area (TPSA) is 38.9 Å². The van der Waals surface area contributed by atoms with Crippen molar-refractivity contribution in [1.29, 1.82) is 0 Å². The van der Waals surface area contributed by atoms with E-state index >= 15 is 0 Å². The van der Waals surface area contributed by atoms with Crippen molar-refractivity contribution < 1.29 is 22.0 Å². The zero-order chi connectivity index (χ0) is 13.3. The van der Waals surface area contributed by atoms with Crippen LogP contribution in [0.5, 0.6) is 0 Å². The Balaban J connectivity index is 2.38. The van der Waals surface area contributed by atoms with Crippen LogP contribution < -0.4 is 0 Å². The van der Waals surface area contributed by atoms with Gasteiger partial charge in [0.15, 0.2) is 0 Å². The molecule has 0 saturated carbocycles. The maximum Gasteiger partial charge on any atom is 0.470 e. The minimum atomic E-state index is -4.70. The molecule has 0 amide bonds. The van der Waals surface area contributed by atoms with E-state index in [1.807, 2.05) is 0 Å². The lowest BCUT2D eigenvalue weighted by molar-refractivity contribution is -0.156. The van der Waals surface area contributed by atoms with Crippen LogP contribution in [0.4, 0.5) is 17.6 Å². The van der Waals surface area contributed by atoms with Gasteiger partial charge in [0.2, 0.25) is 5.89 Å². The first-order valence-corrected chi connectivity index (χ1v) is 5.11. The van der Waals surface area contributed by atoms with Crippen LogP contribution in [0.1, 0.15) is 18.4 Å². The fourth-order valence-corrected chi connectivity index (χ4v) is 1.42. The minimum absolute atomic E-state index is 0.118. The first-order chi connectivity index (χ1) is 8.41. The number of aryl methyl sites for hydroxylation is 1. The lowest BCUT2D eigenvalue weighted by Crippen LogP contribution is -2.04. The van der Waals surface area contributed by atoms with Gasteiger partial charge in [0.05, 0.1) is 0 Å². The van der Waals surface area contributed by atoms with Gasteiger partial charge in [0.25, 0.3) is 0 Å². The highest BCUT2D eigenvalue weighted by molar-refractivity contribution is 5.53. The first-order valence-electron chi connectivity index (χ1n) is 5.11. The predicted octanol–water partition coefficient (Wildman–Crippen LogP) is 3.46. The number of hydrogen-bond acceptors (Lipinski definition) is 3. The molecule has 1 heterocycles. The molecule has 2 aromatic rings. The number of aromatic nitrogens is 2. The third-order valence-electron chi connectivity index (χ3n) is 2.35. The Labute approximate surface area is 99.4 Å². The number of benzene rings is 1. The molecule has 1 aromatic carbocycles. The molecular formula is C11H8F4N2O. The molecular weight excluding hydrogens is 252 g/mol. The van der Waals surface area contributed by atoms with Crippen LogP contribution in [0.25, 0.3) is 11.5 Å². The second-order valence-electron chi connectivity index (χ2n) is 3.57. The van der Waals surface area contributed by atoms with Gasteiger partial charge in [-0.2, -0.15) is 13.2 Å². The molecule has 0 N–H and O–H groups in total. The zero-order valence-corrected chi connectivity index (χ0v) is 9.25. The second kappa shape index (κ2) is 4.40. The maximum atomic E-state index is 13.5. The van der Waals surface area contributed by atoms with Crippen molar-refractivity contribution in [1.82, 2.24) is 10.2 Å². The van der Waals surface area contributed by atoms with E-state index < -0.39 is 17.9 Å². The molecule has 18 heavy (non-hydrogen) atoms. The van der Waals surface area contributed by atoms with Gasteiger partial charge in [-0.1, -0.05) is 13.0 Å². The van der Waals surface area contributed by atoms with Crippen LogP contribution in [-0.2, 0) is 12.6 Å². The maximum absolute atomic E-state index is 13.5. The van der Waals surface area contributed by atoms with E-state index in [2.05, 4.69) is 14.6 Å². The van der Waals surface area contributed by atoms with Gasteiger partial charge in [0.1, 0.15) is 5.82 Å². The van der Waals surface area contributed by atoms with E-state index in [9.17, 15) is 17.6 Å². The van der Waals surface area contributed by atoms with Crippen LogP contribution in [0.15, 0.2) is 22.6 Å². The summed E-state index contributed by atoms with van der Waals surface area (Å²) in [6.07, 6.45) is -4.21. The Morgan fingerprint density at radius 2 is 1.94 bits per heavy atom. The largest absolute Gasteiger partial charge is 0.470 e. The minimum Gasteiger partial charge on any atom is -0.413 e. The molecule has 0 spiro atoms. The van der Waals surface area contributed by atoms with E-state index in [-0.39, 0.29) is 11.5 Å². The molecule has 0 aliphatic heterocycles. The van der Waals surface area contributed by atoms with Crippen LogP contribution in [-0.4, -0.2) is 10.2 Å². The highest BCUT2D eigenvalue weighted by atomic mass is 19.4. The number of halogens is 4. The molecule has 0 fully saturated rings. The van der Waals surface area contributed by atoms with E-state index in [0.717, 1.165) is 6.07 Å². The van der Waals surface area contributed by atoms with Crippen LogP contribution in [0.2, 0.25) is 0 Å². The number of alkyl halides is 3. The zero-order valence-electron chi connectivity index (χ0n) is 9.25. The Morgan fingerprint density at radius 1 is 1.22 bits per heavy atom. The van der Waals surface area contributed by atoms with Gasteiger partial charge in [-0.05, 0) is 24.1 Å². The van der Waals surface area contributed by atoms with Crippen molar-refractivity contribution in [3.05, 3.63) is 35.5 Å².